The van der Waals surface area contributed by atoms with Crippen molar-refractivity contribution >= 4 is 11.7 Å². The number of carbonyl (C=O) groups is 1. The van der Waals surface area contributed by atoms with E-state index in [1.807, 2.05) is 0 Å². The Morgan fingerprint density at radius 1 is 1.22 bits per heavy atom. The summed E-state index contributed by atoms with van der Waals surface area (Å²) in [6.07, 6.45) is -12.2. The fraction of sp³-hybridized carbons (Fsp3) is 0.667. The Balaban J connectivity index is 3.28. The predicted molar refractivity (Wildman–Crippen MR) is 67.3 cm³/mol. The summed E-state index contributed by atoms with van der Waals surface area (Å²) in [5.41, 5.74) is -4.67. The highest BCUT2D eigenvalue weighted by Gasteiger charge is 2.72. The number of carbonyl (C=O) groups excluding carboxylic acids is 1. The maximum absolute atomic E-state index is 13.2. The van der Waals surface area contributed by atoms with Crippen molar-refractivity contribution < 1.29 is 35.7 Å². The minimum Gasteiger partial charge on any atom is -0.360 e. The lowest BCUT2D eigenvalue weighted by Gasteiger charge is -2.38. The van der Waals surface area contributed by atoms with Gasteiger partial charge in [-0.05, 0) is 12.8 Å². The van der Waals surface area contributed by atoms with Gasteiger partial charge in [-0.3, -0.25) is 4.79 Å². The van der Waals surface area contributed by atoms with Crippen molar-refractivity contribution in [2.24, 2.45) is 5.92 Å². The number of anilines is 1. The standard InChI is InChI=1S/C12H15F6N3O2/c1-6(2)4-9(22)20-10(11(13,14)15,12(16,17)18)19-8-5-7(3)23-21-8/h5-6H,4H2,1-3H3,(H,19,21)(H,20,22). The van der Waals surface area contributed by atoms with Crippen molar-refractivity contribution in [1.82, 2.24) is 10.5 Å². The molecule has 0 saturated carbocycles. The van der Waals surface area contributed by atoms with E-state index in [9.17, 15) is 31.1 Å². The summed E-state index contributed by atoms with van der Waals surface area (Å²) in [6.45, 7) is 4.26. The van der Waals surface area contributed by atoms with Gasteiger partial charge in [-0.15, -0.1) is 0 Å². The number of aryl methyl sites for hydroxylation is 1. The quantitative estimate of drug-likeness (QED) is 0.633. The second-order valence-corrected chi connectivity index (χ2v) is 5.34. The molecule has 0 saturated heterocycles. The minimum atomic E-state index is -5.87. The van der Waals surface area contributed by atoms with Crippen molar-refractivity contribution in [1.29, 1.82) is 0 Å². The molecule has 5 nitrogen and oxygen atoms in total. The van der Waals surface area contributed by atoms with E-state index in [1.165, 1.54) is 26.1 Å². The smallest absolute Gasteiger partial charge is 0.360 e. The monoisotopic (exact) mass is 347 g/mol. The molecule has 0 unspecified atom stereocenters. The van der Waals surface area contributed by atoms with Gasteiger partial charge in [0.2, 0.25) is 5.91 Å². The Labute approximate surface area is 127 Å². The van der Waals surface area contributed by atoms with E-state index in [0.29, 0.717) is 0 Å². The number of hydrogen-bond donors (Lipinski definition) is 2. The molecule has 23 heavy (non-hydrogen) atoms. The third-order valence-electron chi connectivity index (χ3n) is 2.71. The zero-order chi connectivity index (χ0) is 18.1. The zero-order valence-electron chi connectivity index (χ0n) is 12.4. The fourth-order valence-electron chi connectivity index (χ4n) is 1.72. The van der Waals surface area contributed by atoms with Gasteiger partial charge in [-0.1, -0.05) is 19.0 Å². The lowest BCUT2D eigenvalue weighted by molar-refractivity contribution is -0.296. The molecule has 132 valence electrons. The molecule has 0 aliphatic rings. The van der Waals surface area contributed by atoms with Gasteiger partial charge in [0.1, 0.15) is 5.76 Å². The van der Waals surface area contributed by atoms with Crippen molar-refractivity contribution in [3.05, 3.63) is 11.8 Å². The molecular weight excluding hydrogens is 332 g/mol. The average molecular weight is 347 g/mol. The summed E-state index contributed by atoms with van der Waals surface area (Å²) in [6, 6.07) is 0.848. The molecule has 0 atom stereocenters. The topological polar surface area (TPSA) is 67.2 Å². The molecule has 1 rings (SSSR count). The first kappa shape index (κ1) is 19.1. The lowest BCUT2D eigenvalue weighted by atomic mass is 10.1. The van der Waals surface area contributed by atoms with Crippen LogP contribution in [0.25, 0.3) is 0 Å². The molecule has 0 aliphatic heterocycles. The molecule has 0 spiro atoms. The van der Waals surface area contributed by atoms with Gasteiger partial charge in [0.05, 0.1) is 0 Å². The highest BCUT2D eigenvalue weighted by Crippen LogP contribution is 2.43. The molecule has 0 fully saturated rings. The van der Waals surface area contributed by atoms with Gasteiger partial charge in [0.15, 0.2) is 5.82 Å². The SMILES string of the molecule is Cc1cc(NC(NC(=O)CC(C)C)(C(F)(F)F)C(F)(F)F)no1. The average Bonchev–Trinajstić information content (AvgIpc) is 2.69. The van der Waals surface area contributed by atoms with E-state index in [4.69, 9.17) is 0 Å². The lowest BCUT2D eigenvalue weighted by Crippen LogP contribution is -2.72. The van der Waals surface area contributed by atoms with E-state index in [0.717, 1.165) is 11.4 Å². The molecule has 0 radical (unpaired) electrons. The van der Waals surface area contributed by atoms with Crippen LogP contribution >= 0.6 is 0 Å². The summed E-state index contributed by atoms with van der Waals surface area (Å²) in [5, 5.41) is 5.29. The Kier molecular flexibility index (Phi) is 5.22. The molecule has 1 heterocycles. The van der Waals surface area contributed by atoms with Gasteiger partial charge >= 0.3 is 18.0 Å². The van der Waals surface area contributed by atoms with Gasteiger partial charge in [0.25, 0.3) is 0 Å². The van der Waals surface area contributed by atoms with E-state index in [2.05, 4.69) is 9.68 Å². The van der Waals surface area contributed by atoms with Crippen LogP contribution in [0.2, 0.25) is 0 Å². The number of amides is 1. The maximum atomic E-state index is 13.2. The zero-order valence-corrected chi connectivity index (χ0v) is 12.4. The summed E-state index contributed by atoms with van der Waals surface area (Å²) < 4.78 is 83.7. The van der Waals surface area contributed by atoms with Crippen molar-refractivity contribution in [2.75, 3.05) is 5.32 Å². The first-order chi connectivity index (χ1) is 10.3. The predicted octanol–water partition coefficient (Wildman–Crippen LogP) is 3.38. The second kappa shape index (κ2) is 6.28. The van der Waals surface area contributed by atoms with E-state index in [-0.39, 0.29) is 5.76 Å². The molecule has 0 aliphatic carbocycles. The number of nitrogens with one attached hydrogen (secondary N) is 2. The third-order valence-corrected chi connectivity index (χ3v) is 2.71. The summed E-state index contributed by atoms with van der Waals surface area (Å²) in [7, 11) is 0. The molecule has 1 aromatic heterocycles. The number of nitrogens with zero attached hydrogens (tertiary/aromatic N) is 1. The number of alkyl halides is 6. The van der Waals surface area contributed by atoms with Crippen molar-refractivity contribution in [3.63, 3.8) is 0 Å². The van der Waals surface area contributed by atoms with Crippen molar-refractivity contribution in [3.8, 4) is 0 Å². The van der Waals surface area contributed by atoms with Crippen LogP contribution in [-0.2, 0) is 4.79 Å². The van der Waals surface area contributed by atoms with Gasteiger partial charge in [-0.2, -0.15) is 26.3 Å². The molecule has 0 bridgehead atoms. The fourth-order valence-corrected chi connectivity index (χ4v) is 1.72. The number of hydrogen-bond acceptors (Lipinski definition) is 4. The molecule has 2 N–H and O–H groups in total. The molecule has 11 heteroatoms. The highest BCUT2D eigenvalue weighted by atomic mass is 19.4. The van der Waals surface area contributed by atoms with Crippen LogP contribution < -0.4 is 10.6 Å². The van der Waals surface area contributed by atoms with Gasteiger partial charge < -0.3 is 15.2 Å². The van der Waals surface area contributed by atoms with E-state index in [1.54, 1.807) is 0 Å². The maximum Gasteiger partial charge on any atom is 0.439 e. The van der Waals surface area contributed by atoms with Crippen LogP contribution in [0.5, 0.6) is 0 Å². The minimum absolute atomic E-state index is 0.000689. The van der Waals surface area contributed by atoms with Crippen molar-refractivity contribution in [2.45, 2.75) is 45.2 Å². The number of halogens is 6. The van der Waals surface area contributed by atoms with Gasteiger partial charge in [0, 0.05) is 12.5 Å². The Bertz CT molecular complexity index is 536. The van der Waals surface area contributed by atoms with E-state index >= 15 is 0 Å². The first-order valence-corrected chi connectivity index (χ1v) is 6.44. The summed E-state index contributed by atoms with van der Waals surface area (Å²) in [5.74, 6) is -2.63. The van der Waals surface area contributed by atoms with Crippen LogP contribution in [0.4, 0.5) is 32.2 Å². The molecule has 0 aromatic carbocycles. The number of aromatic nitrogens is 1. The van der Waals surface area contributed by atoms with Crippen LogP contribution in [-0.4, -0.2) is 29.1 Å². The summed E-state index contributed by atoms with van der Waals surface area (Å²) >= 11 is 0. The Morgan fingerprint density at radius 3 is 2.09 bits per heavy atom. The van der Waals surface area contributed by atoms with Crippen LogP contribution in [0, 0.1) is 12.8 Å². The Hall–Kier alpha value is -1.94. The molecule has 1 amide bonds. The van der Waals surface area contributed by atoms with Gasteiger partial charge in [-0.25, -0.2) is 0 Å². The largest absolute Gasteiger partial charge is 0.439 e. The second-order valence-electron chi connectivity index (χ2n) is 5.34. The first-order valence-electron chi connectivity index (χ1n) is 6.44. The molecular formula is C12H15F6N3O2. The highest BCUT2D eigenvalue weighted by molar-refractivity contribution is 5.77. The summed E-state index contributed by atoms with van der Waals surface area (Å²) in [4.78, 5) is 11.6. The van der Waals surface area contributed by atoms with Crippen LogP contribution in [0.15, 0.2) is 10.6 Å². The molecule has 1 aromatic rings. The third kappa shape index (κ3) is 4.29. The Morgan fingerprint density at radius 2 is 1.74 bits per heavy atom. The van der Waals surface area contributed by atoms with Crippen LogP contribution in [0.1, 0.15) is 26.0 Å². The van der Waals surface area contributed by atoms with E-state index < -0.39 is 42.1 Å². The van der Waals surface area contributed by atoms with Crippen LogP contribution in [0.3, 0.4) is 0 Å². The normalized spacial score (nSPS) is 13.3. The number of rotatable bonds is 5.